The number of aromatic amines is 1. The summed E-state index contributed by atoms with van der Waals surface area (Å²) in [7, 11) is 1.64. The SMILES string of the molecule is CC[C@H](c1nnnn1Cc1ccc(OC)cc1)N(Cc1ccco1)Cc1cc2cc3c(cc2[nH]c1=O)OCCO3. The van der Waals surface area contributed by atoms with Crippen LogP contribution in [0.2, 0.25) is 0 Å². The van der Waals surface area contributed by atoms with Gasteiger partial charge in [0.1, 0.15) is 24.7 Å². The van der Waals surface area contributed by atoms with Gasteiger partial charge in [0, 0.05) is 23.6 Å². The lowest BCUT2D eigenvalue weighted by atomic mass is 10.1. The Labute approximate surface area is 230 Å². The van der Waals surface area contributed by atoms with E-state index in [1.54, 1.807) is 18.1 Å². The molecule has 1 aliphatic rings. The van der Waals surface area contributed by atoms with E-state index < -0.39 is 0 Å². The van der Waals surface area contributed by atoms with Gasteiger partial charge in [0.2, 0.25) is 0 Å². The average molecular weight is 543 g/mol. The lowest BCUT2D eigenvalue weighted by Crippen LogP contribution is -2.32. The molecule has 0 fully saturated rings. The molecule has 0 saturated heterocycles. The quantitative estimate of drug-likeness (QED) is 0.278. The zero-order chi connectivity index (χ0) is 27.5. The molecule has 3 aromatic heterocycles. The Bertz CT molecular complexity index is 1640. The number of H-pyrrole nitrogens is 1. The van der Waals surface area contributed by atoms with Crippen molar-refractivity contribution in [2.45, 2.75) is 39.0 Å². The first kappa shape index (κ1) is 25.6. The zero-order valence-corrected chi connectivity index (χ0v) is 22.4. The summed E-state index contributed by atoms with van der Waals surface area (Å²) < 4.78 is 24.2. The first-order valence-corrected chi connectivity index (χ1v) is 13.2. The molecule has 11 nitrogen and oxygen atoms in total. The van der Waals surface area contributed by atoms with E-state index in [9.17, 15) is 4.79 Å². The molecule has 0 bridgehead atoms. The second-order valence-corrected chi connectivity index (χ2v) is 9.66. The Morgan fingerprint density at radius 1 is 1.07 bits per heavy atom. The van der Waals surface area contributed by atoms with Gasteiger partial charge in [-0.3, -0.25) is 9.69 Å². The molecule has 4 heterocycles. The normalized spacial score (nSPS) is 13.6. The van der Waals surface area contributed by atoms with Gasteiger partial charge >= 0.3 is 0 Å². The number of rotatable bonds is 10. The highest BCUT2D eigenvalue weighted by atomic mass is 16.6. The van der Waals surface area contributed by atoms with Crippen LogP contribution in [0.3, 0.4) is 0 Å². The maximum absolute atomic E-state index is 13.3. The van der Waals surface area contributed by atoms with Gasteiger partial charge in [-0.1, -0.05) is 19.1 Å². The van der Waals surface area contributed by atoms with Crippen molar-refractivity contribution in [2.75, 3.05) is 20.3 Å². The highest BCUT2D eigenvalue weighted by Gasteiger charge is 2.27. The molecule has 0 saturated carbocycles. The van der Waals surface area contributed by atoms with E-state index in [0.717, 1.165) is 22.5 Å². The number of pyridine rings is 1. The molecular weight excluding hydrogens is 512 g/mol. The van der Waals surface area contributed by atoms with Crippen molar-refractivity contribution < 1.29 is 18.6 Å². The van der Waals surface area contributed by atoms with Crippen LogP contribution in [-0.4, -0.2) is 50.4 Å². The van der Waals surface area contributed by atoms with Gasteiger partial charge in [-0.05, 0) is 58.8 Å². The number of nitrogens with one attached hydrogen (secondary N) is 1. The molecule has 0 spiro atoms. The predicted molar refractivity (Wildman–Crippen MR) is 146 cm³/mol. The summed E-state index contributed by atoms with van der Waals surface area (Å²) in [5.41, 5.74) is 2.19. The predicted octanol–water partition coefficient (Wildman–Crippen LogP) is 4.09. The third-order valence-corrected chi connectivity index (χ3v) is 7.07. The van der Waals surface area contributed by atoms with E-state index in [1.807, 2.05) is 54.6 Å². The second-order valence-electron chi connectivity index (χ2n) is 9.66. The molecule has 0 aliphatic carbocycles. The van der Waals surface area contributed by atoms with Gasteiger partial charge in [-0.15, -0.1) is 5.10 Å². The second kappa shape index (κ2) is 11.2. The van der Waals surface area contributed by atoms with E-state index in [-0.39, 0.29) is 11.6 Å². The van der Waals surface area contributed by atoms with Gasteiger partial charge in [0.15, 0.2) is 17.3 Å². The molecule has 206 valence electrons. The fourth-order valence-electron chi connectivity index (χ4n) is 5.07. The van der Waals surface area contributed by atoms with Crippen LogP contribution < -0.4 is 19.8 Å². The van der Waals surface area contributed by atoms with Crippen LogP contribution in [0, 0.1) is 0 Å². The van der Waals surface area contributed by atoms with Crippen molar-refractivity contribution in [1.82, 2.24) is 30.1 Å². The van der Waals surface area contributed by atoms with Crippen molar-refractivity contribution in [3.8, 4) is 17.2 Å². The molecule has 0 radical (unpaired) electrons. The number of hydrogen-bond acceptors (Lipinski definition) is 9. The zero-order valence-electron chi connectivity index (χ0n) is 22.4. The summed E-state index contributed by atoms with van der Waals surface area (Å²) in [5, 5.41) is 13.6. The van der Waals surface area contributed by atoms with Crippen molar-refractivity contribution >= 4 is 10.9 Å². The van der Waals surface area contributed by atoms with Gasteiger partial charge in [0.25, 0.3) is 5.56 Å². The smallest absolute Gasteiger partial charge is 0.252 e. The van der Waals surface area contributed by atoms with E-state index in [2.05, 4.69) is 32.3 Å². The number of hydrogen-bond donors (Lipinski definition) is 1. The monoisotopic (exact) mass is 542 g/mol. The Kier molecular flexibility index (Phi) is 7.19. The number of aromatic nitrogens is 5. The van der Waals surface area contributed by atoms with Crippen LogP contribution in [-0.2, 0) is 19.6 Å². The number of ether oxygens (including phenoxy) is 3. The highest BCUT2D eigenvalue weighted by Crippen LogP contribution is 2.34. The molecule has 1 atom stereocenters. The molecule has 6 rings (SSSR count). The number of fused-ring (bicyclic) bond motifs is 2. The Morgan fingerprint density at radius 2 is 1.88 bits per heavy atom. The standard InChI is InChI=1S/C29H30N6O5/c1-3-25(28-31-32-33-35(28)16-19-6-8-22(37-2)9-7-19)34(18-23-5-4-10-38-23)17-21-13-20-14-26-27(40-12-11-39-26)15-24(20)30-29(21)36/h4-10,13-15,25H,3,11-12,16-18H2,1-2H3,(H,30,36)/t25-/m1/s1. The van der Waals surface area contributed by atoms with Gasteiger partial charge in [-0.2, -0.15) is 0 Å². The molecule has 5 aromatic rings. The fourth-order valence-corrected chi connectivity index (χ4v) is 5.07. The minimum Gasteiger partial charge on any atom is -0.497 e. The third kappa shape index (κ3) is 5.28. The molecular formula is C29H30N6O5. The summed E-state index contributed by atoms with van der Waals surface area (Å²) in [4.78, 5) is 18.5. The van der Waals surface area contributed by atoms with Crippen molar-refractivity contribution in [2.24, 2.45) is 0 Å². The largest absolute Gasteiger partial charge is 0.497 e. The molecule has 40 heavy (non-hydrogen) atoms. The molecule has 0 amide bonds. The number of tetrazole rings is 1. The van der Waals surface area contributed by atoms with Crippen LogP contribution in [0.4, 0.5) is 0 Å². The van der Waals surface area contributed by atoms with Crippen LogP contribution in [0.5, 0.6) is 17.2 Å². The minimum absolute atomic E-state index is 0.165. The molecule has 1 aliphatic heterocycles. The lowest BCUT2D eigenvalue weighted by Gasteiger charge is -2.29. The van der Waals surface area contributed by atoms with Crippen molar-refractivity contribution in [3.63, 3.8) is 0 Å². The summed E-state index contributed by atoms with van der Waals surface area (Å²) in [6.07, 6.45) is 2.37. The number of furan rings is 1. The van der Waals surface area contributed by atoms with Crippen LogP contribution >= 0.6 is 0 Å². The first-order chi connectivity index (χ1) is 19.6. The Balaban J connectivity index is 1.33. The first-order valence-electron chi connectivity index (χ1n) is 13.2. The van der Waals surface area contributed by atoms with Crippen LogP contribution in [0.15, 0.2) is 70.1 Å². The van der Waals surface area contributed by atoms with E-state index in [4.69, 9.17) is 18.6 Å². The maximum Gasteiger partial charge on any atom is 0.252 e. The number of methoxy groups -OCH3 is 1. The molecule has 11 heteroatoms. The summed E-state index contributed by atoms with van der Waals surface area (Å²) in [6, 6.07) is 17.1. The minimum atomic E-state index is -0.186. The number of nitrogens with zero attached hydrogens (tertiary/aromatic N) is 5. The van der Waals surface area contributed by atoms with Crippen molar-refractivity contribution in [3.05, 3.63) is 93.9 Å². The molecule has 2 aromatic carbocycles. The van der Waals surface area contributed by atoms with Gasteiger partial charge < -0.3 is 23.6 Å². The molecule has 1 N–H and O–H groups in total. The van der Waals surface area contributed by atoms with Crippen LogP contribution in [0.25, 0.3) is 10.9 Å². The fraction of sp³-hybridized carbons (Fsp3) is 0.310. The van der Waals surface area contributed by atoms with E-state index in [1.165, 1.54) is 0 Å². The maximum atomic E-state index is 13.3. The van der Waals surface area contributed by atoms with E-state index >= 15 is 0 Å². The van der Waals surface area contributed by atoms with Crippen molar-refractivity contribution in [1.29, 1.82) is 0 Å². The van der Waals surface area contributed by atoms with E-state index in [0.29, 0.717) is 67.7 Å². The molecule has 0 unspecified atom stereocenters. The lowest BCUT2D eigenvalue weighted by molar-refractivity contribution is 0.149. The third-order valence-electron chi connectivity index (χ3n) is 7.07. The average Bonchev–Trinajstić information content (AvgIpc) is 3.66. The summed E-state index contributed by atoms with van der Waals surface area (Å²) in [6.45, 7) is 4.39. The van der Waals surface area contributed by atoms with Gasteiger partial charge in [0.05, 0.1) is 38.0 Å². The Morgan fingerprint density at radius 3 is 2.60 bits per heavy atom. The Hall–Kier alpha value is -4.64. The topological polar surface area (TPSA) is 121 Å². The highest BCUT2D eigenvalue weighted by molar-refractivity contribution is 5.83. The summed E-state index contributed by atoms with van der Waals surface area (Å²) >= 11 is 0. The van der Waals surface area contributed by atoms with Crippen LogP contribution in [0.1, 0.15) is 42.1 Å². The van der Waals surface area contributed by atoms with Gasteiger partial charge in [-0.25, -0.2) is 4.68 Å². The number of benzene rings is 2. The summed E-state index contributed by atoms with van der Waals surface area (Å²) in [5.74, 6) is 3.59.